The lowest BCUT2D eigenvalue weighted by Crippen LogP contribution is -2.48. The molecule has 0 radical (unpaired) electrons. The zero-order chi connectivity index (χ0) is 30.2. The highest BCUT2D eigenvalue weighted by Crippen LogP contribution is 2.33. The Hall–Kier alpha value is -4.41. The van der Waals surface area contributed by atoms with Crippen LogP contribution in [0.5, 0.6) is 5.75 Å². The monoisotopic (exact) mass is 566 g/mol. The Kier molecular flexibility index (Phi) is 10.2. The minimum Gasteiger partial charge on any atom is -0.508 e. The lowest BCUT2D eigenvalue weighted by molar-refractivity contribution is -0.125. The number of rotatable bonds is 9. The third-order valence-electron chi connectivity index (χ3n) is 7.62. The summed E-state index contributed by atoms with van der Waals surface area (Å²) in [5.74, 6) is -0.0219. The number of carbonyl (C=O) groups is 2. The van der Waals surface area contributed by atoms with Crippen LogP contribution in [0.2, 0.25) is 0 Å². The van der Waals surface area contributed by atoms with E-state index in [1.807, 2.05) is 50.3 Å². The molecule has 2 aliphatic rings. The summed E-state index contributed by atoms with van der Waals surface area (Å²) in [5.41, 5.74) is 4.78. The molecule has 1 saturated heterocycles. The second kappa shape index (κ2) is 14.0. The second-order valence-electron chi connectivity index (χ2n) is 10.8. The zero-order valence-corrected chi connectivity index (χ0v) is 24.5. The fourth-order valence-corrected chi connectivity index (χ4v) is 5.48. The molecule has 0 bridgehead atoms. The standard InChI is InChI=1S/C35H38N2O5/c1-5-41-35(40)30-18-26(12-11-25-9-7-6-8-10-25)19-31(38)28(30)13-14-37-34-24(4)42-33-20-27(21-36)15-22(2)16-29(33)23(3)17-32(34)39/h6-10,15-16,18-20,23-24,34,37-38H,2,5,11-14,17H2,1,3-4H3/t23?,24-,34+/m1/s1. The Morgan fingerprint density at radius 3 is 2.57 bits per heavy atom. The van der Waals surface area contributed by atoms with E-state index >= 15 is 0 Å². The van der Waals surface area contributed by atoms with E-state index in [0.29, 0.717) is 53.8 Å². The molecule has 0 saturated carbocycles. The molecule has 3 atom stereocenters. The fraction of sp³-hybridized carbons (Fsp3) is 0.343. The summed E-state index contributed by atoms with van der Waals surface area (Å²) in [6.07, 6.45) is 6.78. The molecular formula is C35H38N2O5. The van der Waals surface area contributed by atoms with E-state index in [-0.39, 0.29) is 24.1 Å². The number of aromatic hydroxyl groups is 1. The maximum Gasteiger partial charge on any atom is 0.338 e. The van der Waals surface area contributed by atoms with Gasteiger partial charge in [-0.3, -0.25) is 4.79 Å². The average Bonchev–Trinajstić information content (AvgIpc) is 3.12. The van der Waals surface area contributed by atoms with Crippen LogP contribution in [0.15, 0.2) is 89.8 Å². The highest BCUT2D eigenvalue weighted by atomic mass is 16.5. The Morgan fingerprint density at radius 1 is 1.12 bits per heavy atom. The SMILES string of the molecule is C=C1C=C(C#N)C=C2O[C@H](C)[C@H](NCCc3c(O)cc(CCc4ccccc4)cc3C(=O)OCC)C(=O)CC(C)C2=C1. The second-order valence-corrected chi connectivity index (χ2v) is 10.8. The van der Waals surface area contributed by atoms with Crippen LogP contribution in [0.25, 0.3) is 0 Å². The summed E-state index contributed by atoms with van der Waals surface area (Å²) in [6.45, 7) is 10.1. The molecule has 1 fully saturated rings. The van der Waals surface area contributed by atoms with Crippen LogP contribution in [-0.2, 0) is 33.5 Å². The predicted octanol–water partition coefficient (Wildman–Crippen LogP) is 5.70. The van der Waals surface area contributed by atoms with E-state index in [4.69, 9.17) is 9.47 Å². The molecule has 1 aliphatic heterocycles. The number of esters is 1. The third-order valence-corrected chi connectivity index (χ3v) is 7.62. The molecule has 1 heterocycles. The van der Waals surface area contributed by atoms with Gasteiger partial charge in [0.1, 0.15) is 23.7 Å². The maximum absolute atomic E-state index is 13.4. The Labute approximate surface area is 247 Å². The van der Waals surface area contributed by atoms with Crippen LogP contribution in [0, 0.1) is 17.2 Å². The number of phenolic OH excluding ortho intramolecular Hbond substituents is 1. The first-order valence-corrected chi connectivity index (χ1v) is 14.4. The normalized spacial score (nSPS) is 20.4. The van der Waals surface area contributed by atoms with Crippen LogP contribution in [0.3, 0.4) is 0 Å². The molecule has 0 aromatic heterocycles. The summed E-state index contributed by atoms with van der Waals surface area (Å²) in [7, 11) is 0. The smallest absolute Gasteiger partial charge is 0.338 e. The zero-order valence-electron chi connectivity index (χ0n) is 24.5. The van der Waals surface area contributed by atoms with Crippen molar-refractivity contribution in [2.24, 2.45) is 5.92 Å². The molecule has 42 heavy (non-hydrogen) atoms. The number of nitrogens with zero attached hydrogens (tertiary/aromatic N) is 1. The number of nitriles is 1. The van der Waals surface area contributed by atoms with Crippen LogP contribution in [0.1, 0.15) is 54.2 Å². The molecular weight excluding hydrogens is 528 g/mol. The van der Waals surface area contributed by atoms with Crippen molar-refractivity contribution in [1.82, 2.24) is 5.32 Å². The number of benzene rings is 2. The largest absolute Gasteiger partial charge is 0.508 e. The number of hydrogen-bond acceptors (Lipinski definition) is 7. The van der Waals surface area contributed by atoms with Crippen molar-refractivity contribution in [1.29, 1.82) is 5.26 Å². The highest BCUT2D eigenvalue weighted by molar-refractivity contribution is 5.92. The number of ether oxygens (including phenoxy) is 2. The van der Waals surface area contributed by atoms with Crippen molar-refractivity contribution >= 4 is 11.8 Å². The van der Waals surface area contributed by atoms with Gasteiger partial charge in [-0.2, -0.15) is 5.26 Å². The lowest BCUT2D eigenvalue weighted by Gasteiger charge is -2.32. The van der Waals surface area contributed by atoms with Gasteiger partial charge in [-0.15, -0.1) is 0 Å². The molecule has 2 aromatic carbocycles. The van der Waals surface area contributed by atoms with Crippen LogP contribution >= 0.6 is 0 Å². The van der Waals surface area contributed by atoms with Gasteiger partial charge in [-0.05, 0) is 91.7 Å². The highest BCUT2D eigenvalue weighted by Gasteiger charge is 2.33. The van der Waals surface area contributed by atoms with Gasteiger partial charge in [0.15, 0.2) is 5.78 Å². The van der Waals surface area contributed by atoms with Crippen molar-refractivity contribution in [3.05, 3.63) is 112 Å². The van der Waals surface area contributed by atoms with E-state index in [2.05, 4.69) is 18.0 Å². The lowest BCUT2D eigenvalue weighted by atomic mass is 9.88. The number of allylic oxidation sites excluding steroid dienone is 6. The summed E-state index contributed by atoms with van der Waals surface area (Å²) in [6, 6.07) is 15.1. The number of hydrogen-bond donors (Lipinski definition) is 2. The summed E-state index contributed by atoms with van der Waals surface area (Å²) >= 11 is 0. The van der Waals surface area contributed by atoms with Crippen LogP contribution < -0.4 is 5.32 Å². The van der Waals surface area contributed by atoms with Crippen molar-refractivity contribution in [2.75, 3.05) is 13.2 Å². The first kappa shape index (κ1) is 30.5. The Bertz CT molecular complexity index is 1480. The first-order chi connectivity index (χ1) is 20.2. The van der Waals surface area contributed by atoms with Gasteiger partial charge in [0.25, 0.3) is 0 Å². The molecule has 1 aliphatic carbocycles. The van der Waals surface area contributed by atoms with E-state index < -0.39 is 18.1 Å². The first-order valence-electron chi connectivity index (χ1n) is 14.4. The number of ketones is 1. The molecule has 2 aromatic rings. The third kappa shape index (κ3) is 7.45. The quantitative estimate of drug-likeness (QED) is 0.375. The fourth-order valence-electron chi connectivity index (χ4n) is 5.48. The molecule has 7 heteroatoms. The molecule has 7 nitrogen and oxygen atoms in total. The molecule has 2 N–H and O–H groups in total. The van der Waals surface area contributed by atoms with Crippen molar-refractivity contribution in [3.8, 4) is 11.8 Å². The summed E-state index contributed by atoms with van der Waals surface area (Å²) in [4.78, 5) is 26.2. The number of nitrogens with one attached hydrogen (secondary N) is 1. The van der Waals surface area contributed by atoms with Gasteiger partial charge in [-0.1, -0.05) is 43.8 Å². The molecule has 0 amide bonds. The van der Waals surface area contributed by atoms with Gasteiger partial charge in [0.05, 0.1) is 23.8 Å². The molecule has 4 rings (SSSR count). The van der Waals surface area contributed by atoms with Gasteiger partial charge < -0.3 is 19.9 Å². The van der Waals surface area contributed by atoms with Gasteiger partial charge in [0.2, 0.25) is 0 Å². The molecule has 1 unspecified atom stereocenters. The van der Waals surface area contributed by atoms with Crippen LogP contribution in [0.4, 0.5) is 0 Å². The molecule has 0 spiro atoms. The number of phenols is 1. The van der Waals surface area contributed by atoms with Gasteiger partial charge in [-0.25, -0.2) is 4.79 Å². The van der Waals surface area contributed by atoms with Gasteiger partial charge in [0, 0.05) is 18.5 Å². The van der Waals surface area contributed by atoms with Crippen LogP contribution in [-0.4, -0.2) is 42.2 Å². The number of Topliss-reactive ketones (excluding diaryl/α,β-unsaturated/α-hetero) is 1. The number of fused-ring (bicyclic) bond motifs is 1. The van der Waals surface area contributed by atoms with Crippen molar-refractivity contribution < 1.29 is 24.2 Å². The van der Waals surface area contributed by atoms with E-state index in [1.54, 1.807) is 31.2 Å². The number of carbonyl (C=O) groups excluding carboxylic acids is 2. The van der Waals surface area contributed by atoms with E-state index in [9.17, 15) is 20.0 Å². The van der Waals surface area contributed by atoms with E-state index in [0.717, 1.165) is 17.6 Å². The minimum absolute atomic E-state index is 0.00405. The summed E-state index contributed by atoms with van der Waals surface area (Å²) in [5, 5.41) is 23.8. The Balaban J connectivity index is 1.50. The average molecular weight is 567 g/mol. The summed E-state index contributed by atoms with van der Waals surface area (Å²) < 4.78 is 11.6. The van der Waals surface area contributed by atoms with E-state index in [1.165, 1.54) is 5.56 Å². The number of aryl methyl sites for hydroxylation is 2. The topological polar surface area (TPSA) is 109 Å². The van der Waals surface area contributed by atoms with Crippen molar-refractivity contribution in [2.45, 2.75) is 58.6 Å². The van der Waals surface area contributed by atoms with Gasteiger partial charge >= 0.3 is 5.97 Å². The Morgan fingerprint density at radius 2 is 1.86 bits per heavy atom. The minimum atomic E-state index is -0.616. The maximum atomic E-state index is 13.4. The predicted molar refractivity (Wildman–Crippen MR) is 162 cm³/mol. The van der Waals surface area contributed by atoms with Crippen molar-refractivity contribution in [3.63, 3.8) is 0 Å². The molecule has 218 valence electrons.